The van der Waals surface area contributed by atoms with Gasteiger partial charge in [0.2, 0.25) is 0 Å². The van der Waals surface area contributed by atoms with Crippen LogP contribution in [0.1, 0.15) is 30.5 Å². The monoisotopic (exact) mass is 284 g/mol. The molecule has 0 aliphatic heterocycles. The lowest BCUT2D eigenvalue weighted by Crippen LogP contribution is -2.15. The summed E-state index contributed by atoms with van der Waals surface area (Å²) in [6.45, 7) is 6.92. The standard InChI is InChI=1S/C22H20/c1-15-13-17(16-9-5-4-6-10-16)14-20-21(15)18-11-7-8-12-19(18)22(20,2)3/h4-14H,1-3H3. The van der Waals surface area contributed by atoms with Crippen molar-refractivity contribution in [2.75, 3.05) is 0 Å². The number of aryl methyl sites for hydroxylation is 1. The zero-order chi connectivity index (χ0) is 15.3. The molecule has 1 aliphatic carbocycles. The van der Waals surface area contributed by atoms with Crippen molar-refractivity contribution in [3.8, 4) is 22.3 Å². The van der Waals surface area contributed by atoms with Crippen molar-refractivity contribution in [2.24, 2.45) is 0 Å². The zero-order valence-corrected chi connectivity index (χ0v) is 13.4. The lowest BCUT2D eigenvalue weighted by Gasteiger charge is -2.22. The van der Waals surface area contributed by atoms with Crippen LogP contribution in [0.15, 0.2) is 66.7 Å². The minimum absolute atomic E-state index is 0.0709. The molecule has 0 heteroatoms. The first kappa shape index (κ1) is 13.3. The molecule has 22 heavy (non-hydrogen) atoms. The van der Waals surface area contributed by atoms with Crippen LogP contribution < -0.4 is 0 Å². The largest absolute Gasteiger partial charge is 0.0622 e. The smallest absolute Gasteiger partial charge is 0.0159 e. The third-order valence-electron chi connectivity index (χ3n) is 4.99. The topological polar surface area (TPSA) is 0 Å². The summed E-state index contributed by atoms with van der Waals surface area (Å²) in [6.07, 6.45) is 0. The Morgan fingerprint density at radius 2 is 1.36 bits per heavy atom. The first-order chi connectivity index (χ1) is 10.6. The van der Waals surface area contributed by atoms with Gasteiger partial charge in [0.25, 0.3) is 0 Å². The van der Waals surface area contributed by atoms with Gasteiger partial charge in [-0.25, -0.2) is 0 Å². The molecule has 0 radical (unpaired) electrons. The Kier molecular flexibility index (Phi) is 2.77. The van der Waals surface area contributed by atoms with Gasteiger partial charge in [0, 0.05) is 5.41 Å². The van der Waals surface area contributed by atoms with Gasteiger partial charge in [-0.3, -0.25) is 0 Å². The molecule has 4 rings (SSSR count). The zero-order valence-electron chi connectivity index (χ0n) is 13.4. The lowest BCUT2D eigenvalue weighted by atomic mass is 9.81. The van der Waals surface area contributed by atoms with E-state index in [-0.39, 0.29) is 5.41 Å². The average molecular weight is 284 g/mol. The summed E-state index contributed by atoms with van der Waals surface area (Å²) in [4.78, 5) is 0. The predicted octanol–water partition coefficient (Wildman–Crippen LogP) is 5.97. The molecule has 0 spiro atoms. The molecule has 108 valence electrons. The van der Waals surface area contributed by atoms with E-state index in [0.29, 0.717) is 0 Å². The highest BCUT2D eigenvalue weighted by Gasteiger charge is 2.36. The van der Waals surface area contributed by atoms with Crippen LogP contribution in [-0.2, 0) is 5.41 Å². The molecule has 0 fully saturated rings. The van der Waals surface area contributed by atoms with Crippen molar-refractivity contribution in [1.29, 1.82) is 0 Å². The summed E-state index contributed by atoms with van der Waals surface area (Å²) in [5.74, 6) is 0. The second-order valence-electron chi connectivity index (χ2n) is 6.75. The number of hydrogen-bond donors (Lipinski definition) is 0. The van der Waals surface area contributed by atoms with Crippen molar-refractivity contribution < 1.29 is 0 Å². The maximum atomic E-state index is 2.39. The van der Waals surface area contributed by atoms with Gasteiger partial charge in [-0.2, -0.15) is 0 Å². The Morgan fingerprint density at radius 1 is 0.682 bits per heavy atom. The second kappa shape index (κ2) is 4.58. The first-order valence-electron chi connectivity index (χ1n) is 7.89. The van der Waals surface area contributed by atoms with Gasteiger partial charge in [0.1, 0.15) is 0 Å². The lowest BCUT2D eigenvalue weighted by molar-refractivity contribution is 0.660. The van der Waals surface area contributed by atoms with Crippen LogP contribution in [0.25, 0.3) is 22.3 Å². The predicted molar refractivity (Wildman–Crippen MR) is 94.2 cm³/mol. The van der Waals surface area contributed by atoms with E-state index >= 15 is 0 Å². The molecule has 3 aromatic rings. The second-order valence-corrected chi connectivity index (χ2v) is 6.75. The molecule has 0 N–H and O–H groups in total. The Hall–Kier alpha value is -2.34. The van der Waals surface area contributed by atoms with Crippen LogP contribution in [-0.4, -0.2) is 0 Å². The third kappa shape index (κ3) is 1.77. The summed E-state index contributed by atoms with van der Waals surface area (Å²) in [5, 5.41) is 0. The molecule has 0 unspecified atom stereocenters. The Bertz CT molecular complexity index is 854. The molecule has 0 nitrogen and oxygen atoms in total. The Morgan fingerprint density at radius 3 is 2.14 bits per heavy atom. The minimum Gasteiger partial charge on any atom is -0.0622 e. The van der Waals surface area contributed by atoms with Crippen LogP contribution in [0.2, 0.25) is 0 Å². The van der Waals surface area contributed by atoms with Crippen molar-refractivity contribution in [2.45, 2.75) is 26.2 Å². The maximum absolute atomic E-state index is 2.39. The quantitative estimate of drug-likeness (QED) is 0.516. The summed E-state index contributed by atoms with van der Waals surface area (Å²) in [6, 6.07) is 24.2. The minimum atomic E-state index is 0.0709. The highest BCUT2D eigenvalue weighted by Crippen LogP contribution is 2.50. The molecule has 0 bridgehead atoms. The fraction of sp³-hybridized carbons (Fsp3) is 0.182. The SMILES string of the molecule is Cc1cc(-c2ccccc2)cc2c1-c1ccccc1C2(C)C. The van der Waals surface area contributed by atoms with E-state index in [1.807, 2.05) is 0 Å². The molecule has 0 saturated heterocycles. The molecule has 1 aliphatic rings. The fourth-order valence-electron chi connectivity index (χ4n) is 3.83. The van der Waals surface area contributed by atoms with E-state index in [0.717, 1.165) is 0 Å². The van der Waals surface area contributed by atoms with Gasteiger partial charge in [0.05, 0.1) is 0 Å². The highest BCUT2D eigenvalue weighted by molar-refractivity contribution is 5.85. The van der Waals surface area contributed by atoms with Gasteiger partial charge < -0.3 is 0 Å². The summed E-state index contributed by atoms with van der Waals surface area (Å²) < 4.78 is 0. The number of hydrogen-bond acceptors (Lipinski definition) is 0. The van der Waals surface area contributed by atoms with Crippen LogP contribution in [0.3, 0.4) is 0 Å². The van der Waals surface area contributed by atoms with E-state index in [9.17, 15) is 0 Å². The Labute approximate surface area is 132 Å². The normalized spacial score (nSPS) is 14.5. The summed E-state index contributed by atoms with van der Waals surface area (Å²) in [5.41, 5.74) is 9.78. The average Bonchev–Trinajstić information content (AvgIpc) is 2.77. The highest BCUT2D eigenvalue weighted by atomic mass is 14.4. The fourth-order valence-corrected chi connectivity index (χ4v) is 3.83. The van der Waals surface area contributed by atoms with Crippen molar-refractivity contribution in [3.63, 3.8) is 0 Å². The van der Waals surface area contributed by atoms with Gasteiger partial charge in [-0.05, 0) is 51.9 Å². The van der Waals surface area contributed by atoms with Crippen molar-refractivity contribution in [1.82, 2.24) is 0 Å². The van der Waals surface area contributed by atoms with E-state index in [1.165, 1.54) is 38.9 Å². The molecule has 0 heterocycles. The van der Waals surface area contributed by atoms with Crippen LogP contribution in [0, 0.1) is 6.92 Å². The third-order valence-corrected chi connectivity index (χ3v) is 4.99. The molecule has 0 atom stereocenters. The van der Waals surface area contributed by atoms with E-state index in [2.05, 4.69) is 87.5 Å². The first-order valence-corrected chi connectivity index (χ1v) is 7.89. The van der Waals surface area contributed by atoms with E-state index < -0.39 is 0 Å². The number of fused-ring (bicyclic) bond motifs is 3. The number of benzene rings is 3. The molecule has 3 aromatic carbocycles. The van der Waals surface area contributed by atoms with Crippen LogP contribution in [0.4, 0.5) is 0 Å². The summed E-state index contributed by atoms with van der Waals surface area (Å²) in [7, 11) is 0. The van der Waals surface area contributed by atoms with Crippen molar-refractivity contribution in [3.05, 3.63) is 83.4 Å². The molecule has 0 amide bonds. The maximum Gasteiger partial charge on any atom is 0.0159 e. The van der Waals surface area contributed by atoms with E-state index in [1.54, 1.807) is 0 Å². The van der Waals surface area contributed by atoms with E-state index in [4.69, 9.17) is 0 Å². The van der Waals surface area contributed by atoms with Crippen LogP contribution in [0.5, 0.6) is 0 Å². The molecular formula is C22H20. The van der Waals surface area contributed by atoms with Gasteiger partial charge in [-0.1, -0.05) is 74.5 Å². The van der Waals surface area contributed by atoms with Crippen molar-refractivity contribution >= 4 is 0 Å². The van der Waals surface area contributed by atoms with Gasteiger partial charge in [0.15, 0.2) is 0 Å². The van der Waals surface area contributed by atoms with Gasteiger partial charge >= 0.3 is 0 Å². The summed E-state index contributed by atoms with van der Waals surface area (Å²) >= 11 is 0. The molecule has 0 saturated carbocycles. The van der Waals surface area contributed by atoms with Gasteiger partial charge in [-0.15, -0.1) is 0 Å². The molecular weight excluding hydrogens is 264 g/mol. The number of rotatable bonds is 1. The van der Waals surface area contributed by atoms with Crippen LogP contribution >= 0.6 is 0 Å². The molecule has 0 aromatic heterocycles. The Balaban J connectivity index is 2.00.